The first-order valence-corrected chi connectivity index (χ1v) is 9.30. The summed E-state index contributed by atoms with van der Waals surface area (Å²) in [4.78, 5) is 14.2. The van der Waals surface area contributed by atoms with Gasteiger partial charge in [0.15, 0.2) is 0 Å². The van der Waals surface area contributed by atoms with Crippen LogP contribution in [0.25, 0.3) is 5.69 Å². The van der Waals surface area contributed by atoms with E-state index in [-0.39, 0.29) is 11.7 Å². The highest BCUT2D eigenvalue weighted by Gasteiger charge is 2.15. The first kappa shape index (κ1) is 18.1. The summed E-state index contributed by atoms with van der Waals surface area (Å²) in [5, 5.41) is 12.4. The predicted molar refractivity (Wildman–Crippen MR) is 102 cm³/mol. The molecule has 3 aromatic rings. The molecule has 7 heteroatoms. The summed E-state index contributed by atoms with van der Waals surface area (Å²) in [6, 6.07) is 16.0. The van der Waals surface area contributed by atoms with Gasteiger partial charge in [-0.2, -0.15) is 4.68 Å². The normalized spacial score (nSPS) is 10.7. The van der Waals surface area contributed by atoms with Crippen molar-refractivity contribution in [3.05, 3.63) is 65.2 Å². The highest BCUT2D eigenvalue weighted by molar-refractivity contribution is 7.99. The zero-order valence-corrected chi connectivity index (χ0v) is 15.9. The first-order valence-electron chi connectivity index (χ1n) is 8.31. The second kappa shape index (κ2) is 8.14. The second-order valence-corrected chi connectivity index (χ2v) is 7.12. The molecule has 0 unspecified atom stereocenters. The average molecular weight is 367 g/mol. The van der Waals surface area contributed by atoms with Gasteiger partial charge in [0, 0.05) is 13.6 Å². The van der Waals surface area contributed by atoms with E-state index < -0.39 is 0 Å². The van der Waals surface area contributed by atoms with Crippen molar-refractivity contribution in [1.82, 2.24) is 25.1 Å². The number of hydrogen-bond acceptors (Lipinski definition) is 5. The minimum atomic E-state index is 0.0386. The molecule has 3 rings (SSSR count). The minimum absolute atomic E-state index is 0.0386. The van der Waals surface area contributed by atoms with E-state index in [1.807, 2.05) is 56.4 Å². The van der Waals surface area contributed by atoms with Crippen LogP contribution in [-0.2, 0) is 11.3 Å². The fraction of sp³-hybridized carbons (Fsp3) is 0.263. The third-order valence-corrected chi connectivity index (χ3v) is 5.04. The van der Waals surface area contributed by atoms with Gasteiger partial charge in [-0.25, -0.2) is 0 Å². The summed E-state index contributed by atoms with van der Waals surface area (Å²) in [6.07, 6.45) is 0. The van der Waals surface area contributed by atoms with Crippen LogP contribution in [0.2, 0.25) is 0 Å². The number of aryl methyl sites for hydroxylation is 2. The van der Waals surface area contributed by atoms with Crippen LogP contribution in [-0.4, -0.2) is 43.8 Å². The van der Waals surface area contributed by atoms with Gasteiger partial charge in [0.2, 0.25) is 11.1 Å². The number of benzene rings is 2. The molecule has 134 valence electrons. The molecule has 0 aliphatic rings. The van der Waals surface area contributed by atoms with E-state index in [1.54, 1.807) is 9.58 Å². The van der Waals surface area contributed by atoms with Gasteiger partial charge in [0.25, 0.3) is 0 Å². The molecule has 0 aliphatic carbocycles. The summed E-state index contributed by atoms with van der Waals surface area (Å²) in [7, 11) is 1.82. The van der Waals surface area contributed by atoms with Crippen molar-refractivity contribution in [2.24, 2.45) is 0 Å². The lowest BCUT2D eigenvalue weighted by molar-refractivity contribution is -0.127. The molecule has 0 bridgehead atoms. The summed E-state index contributed by atoms with van der Waals surface area (Å²) in [6.45, 7) is 4.68. The van der Waals surface area contributed by atoms with Gasteiger partial charge < -0.3 is 4.90 Å². The van der Waals surface area contributed by atoms with E-state index in [9.17, 15) is 4.79 Å². The van der Waals surface area contributed by atoms with Crippen LogP contribution in [0.5, 0.6) is 0 Å². The molecule has 0 atom stereocenters. The molecule has 2 aromatic carbocycles. The molecule has 0 fully saturated rings. The Morgan fingerprint density at radius 2 is 1.85 bits per heavy atom. The van der Waals surface area contributed by atoms with Gasteiger partial charge in [-0.15, -0.1) is 5.10 Å². The Hall–Kier alpha value is -2.67. The van der Waals surface area contributed by atoms with Crippen molar-refractivity contribution in [3.8, 4) is 5.69 Å². The van der Waals surface area contributed by atoms with Gasteiger partial charge >= 0.3 is 0 Å². The number of rotatable bonds is 6. The molecule has 0 N–H and O–H groups in total. The summed E-state index contributed by atoms with van der Waals surface area (Å²) in [5.74, 6) is 0.325. The van der Waals surface area contributed by atoms with Crippen molar-refractivity contribution in [2.45, 2.75) is 25.5 Å². The highest BCUT2D eigenvalue weighted by atomic mass is 32.2. The second-order valence-electron chi connectivity index (χ2n) is 6.17. The Kier molecular flexibility index (Phi) is 5.68. The summed E-state index contributed by atoms with van der Waals surface area (Å²) in [5.41, 5.74) is 4.38. The van der Waals surface area contributed by atoms with Crippen molar-refractivity contribution in [1.29, 1.82) is 0 Å². The van der Waals surface area contributed by atoms with Crippen LogP contribution in [0.15, 0.2) is 53.7 Å². The molecule has 1 heterocycles. The van der Waals surface area contributed by atoms with E-state index in [4.69, 9.17) is 0 Å². The molecular formula is C19H21N5OS. The fourth-order valence-corrected chi connectivity index (χ4v) is 3.32. The van der Waals surface area contributed by atoms with Gasteiger partial charge in [0.1, 0.15) is 0 Å². The number of carbonyl (C=O) groups is 1. The van der Waals surface area contributed by atoms with E-state index in [2.05, 4.69) is 28.5 Å². The molecule has 6 nitrogen and oxygen atoms in total. The molecular weight excluding hydrogens is 346 g/mol. The number of hydrogen-bond donors (Lipinski definition) is 0. The molecule has 0 radical (unpaired) electrons. The van der Waals surface area contributed by atoms with Gasteiger partial charge in [0.05, 0.1) is 11.4 Å². The Bertz CT molecular complexity index is 891. The first-order chi connectivity index (χ1) is 12.5. The standard InChI is InChI=1S/C19H21N5OS/c1-14-8-10-17(11-9-14)24-19(20-21-22-24)26-13-18(25)23(3)12-16-7-5-4-6-15(16)2/h4-11H,12-13H2,1-3H3. The van der Waals surface area contributed by atoms with Crippen LogP contribution in [0.3, 0.4) is 0 Å². The summed E-state index contributed by atoms with van der Waals surface area (Å²) >= 11 is 1.34. The van der Waals surface area contributed by atoms with Crippen LogP contribution in [0, 0.1) is 13.8 Å². The number of carbonyl (C=O) groups excluding carboxylic acids is 1. The number of tetrazole rings is 1. The number of aromatic nitrogens is 4. The predicted octanol–water partition coefficient (Wildman–Crippen LogP) is 3.03. The smallest absolute Gasteiger partial charge is 0.233 e. The maximum atomic E-state index is 12.5. The van der Waals surface area contributed by atoms with Gasteiger partial charge in [-0.1, -0.05) is 53.7 Å². The Balaban J connectivity index is 1.62. The van der Waals surface area contributed by atoms with Crippen LogP contribution in [0.4, 0.5) is 0 Å². The third-order valence-electron chi connectivity index (χ3n) is 4.14. The lowest BCUT2D eigenvalue weighted by Gasteiger charge is -2.18. The van der Waals surface area contributed by atoms with Crippen LogP contribution in [0.1, 0.15) is 16.7 Å². The summed E-state index contributed by atoms with van der Waals surface area (Å²) < 4.78 is 1.65. The van der Waals surface area contributed by atoms with E-state index >= 15 is 0 Å². The van der Waals surface area contributed by atoms with Crippen molar-refractivity contribution >= 4 is 17.7 Å². The zero-order valence-electron chi connectivity index (χ0n) is 15.1. The Labute approximate surface area is 157 Å². The molecule has 26 heavy (non-hydrogen) atoms. The molecule has 0 saturated heterocycles. The number of nitrogens with zero attached hydrogens (tertiary/aromatic N) is 5. The number of thioether (sulfide) groups is 1. The highest BCUT2D eigenvalue weighted by Crippen LogP contribution is 2.19. The van der Waals surface area contributed by atoms with Crippen molar-refractivity contribution < 1.29 is 4.79 Å². The average Bonchev–Trinajstić information content (AvgIpc) is 3.10. The van der Waals surface area contributed by atoms with E-state index in [0.29, 0.717) is 11.7 Å². The maximum absolute atomic E-state index is 12.5. The van der Waals surface area contributed by atoms with Gasteiger partial charge in [-0.3, -0.25) is 4.79 Å². The van der Waals surface area contributed by atoms with Crippen LogP contribution >= 0.6 is 11.8 Å². The fourth-order valence-electron chi connectivity index (χ4n) is 2.48. The largest absolute Gasteiger partial charge is 0.341 e. The molecule has 0 spiro atoms. The maximum Gasteiger partial charge on any atom is 0.233 e. The Morgan fingerprint density at radius 1 is 1.12 bits per heavy atom. The van der Waals surface area contributed by atoms with Crippen LogP contribution < -0.4 is 0 Å². The molecule has 1 amide bonds. The Morgan fingerprint density at radius 3 is 2.58 bits per heavy atom. The lowest BCUT2D eigenvalue weighted by Crippen LogP contribution is -2.28. The molecule has 0 saturated carbocycles. The van der Waals surface area contributed by atoms with Crippen molar-refractivity contribution in [2.75, 3.05) is 12.8 Å². The monoisotopic (exact) mass is 367 g/mol. The number of amides is 1. The quantitative estimate of drug-likeness (QED) is 0.627. The minimum Gasteiger partial charge on any atom is -0.341 e. The van der Waals surface area contributed by atoms with E-state index in [0.717, 1.165) is 11.3 Å². The SMILES string of the molecule is Cc1ccc(-n2nnnc2SCC(=O)N(C)Cc2ccccc2C)cc1. The third kappa shape index (κ3) is 4.29. The molecule has 1 aromatic heterocycles. The lowest BCUT2D eigenvalue weighted by atomic mass is 10.1. The molecule has 0 aliphatic heterocycles. The van der Waals surface area contributed by atoms with E-state index in [1.165, 1.54) is 22.9 Å². The topological polar surface area (TPSA) is 63.9 Å². The van der Waals surface area contributed by atoms with Crippen molar-refractivity contribution in [3.63, 3.8) is 0 Å². The zero-order chi connectivity index (χ0) is 18.5. The van der Waals surface area contributed by atoms with Gasteiger partial charge in [-0.05, 0) is 47.5 Å².